The molecule has 3 aliphatic rings. The van der Waals surface area contributed by atoms with Gasteiger partial charge in [0.15, 0.2) is 0 Å². The lowest BCUT2D eigenvalue weighted by atomic mass is 9.75. The monoisotopic (exact) mass is 452 g/mol. The van der Waals surface area contributed by atoms with Crippen LogP contribution in [-0.4, -0.2) is 68.0 Å². The van der Waals surface area contributed by atoms with E-state index in [4.69, 9.17) is 15.2 Å². The molecule has 2 atom stereocenters. The summed E-state index contributed by atoms with van der Waals surface area (Å²) >= 11 is 0. The van der Waals surface area contributed by atoms with Crippen LogP contribution in [0.5, 0.6) is 5.88 Å². The first-order valence-corrected chi connectivity index (χ1v) is 13.1. The van der Waals surface area contributed by atoms with Crippen molar-refractivity contribution in [2.75, 3.05) is 46.0 Å². The number of nitrogens with two attached hydrogens (primary N) is 1. The molecule has 2 saturated heterocycles. The van der Waals surface area contributed by atoms with E-state index >= 15 is 0 Å². The van der Waals surface area contributed by atoms with E-state index in [1.165, 1.54) is 32.1 Å². The van der Waals surface area contributed by atoms with Crippen molar-refractivity contribution >= 4 is 10.2 Å². The zero-order valence-corrected chi connectivity index (χ0v) is 19.1. The molecule has 1 saturated carbocycles. The molecule has 0 amide bonds. The Balaban J connectivity index is 1.47. The van der Waals surface area contributed by atoms with Gasteiger partial charge in [0.1, 0.15) is 0 Å². The average Bonchev–Trinajstić information content (AvgIpc) is 2.84. The van der Waals surface area contributed by atoms with Gasteiger partial charge in [0.2, 0.25) is 5.88 Å². The molecule has 8 nitrogen and oxygen atoms in total. The van der Waals surface area contributed by atoms with E-state index in [1.54, 1.807) is 14.8 Å². The first kappa shape index (κ1) is 22.9. The number of nitrogens with zero attached hydrogens (tertiary/aromatic N) is 3. The molecule has 174 valence electrons. The van der Waals surface area contributed by atoms with Gasteiger partial charge in [-0.15, -0.1) is 0 Å². The molecular formula is C22H36N4O4S. The number of pyridine rings is 1. The molecule has 31 heavy (non-hydrogen) atoms. The summed E-state index contributed by atoms with van der Waals surface area (Å²) in [5, 5.41) is 0. The lowest BCUT2D eigenvalue weighted by Crippen LogP contribution is -2.54. The van der Waals surface area contributed by atoms with Crippen LogP contribution < -0.4 is 10.5 Å². The summed E-state index contributed by atoms with van der Waals surface area (Å²) in [6, 6.07) is 3.74. The summed E-state index contributed by atoms with van der Waals surface area (Å²) in [6.07, 6.45) is 8.96. The van der Waals surface area contributed by atoms with Gasteiger partial charge in [0.05, 0.1) is 19.8 Å². The molecule has 0 bridgehead atoms. The quantitative estimate of drug-likeness (QED) is 0.680. The molecule has 2 aliphatic heterocycles. The Morgan fingerprint density at radius 2 is 1.87 bits per heavy atom. The van der Waals surface area contributed by atoms with Gasteiger partial charge < -0.3 is 15.2 Å². The van der Waals surface area contributed by atoms with Gasteiger partial charge in [-0.05, 0) is 29.9 Å². The summed E-state index contributed by atoms with van der Waals surface area (Å²) in [4.78, 5) is 4.29. The number of aromatic nitrogens is 1. The topological polar surface area (TPSA) is 98.0 Å². The smallest absolute Gasteiger partial charge is 0.282 e. The van der Waals surface area contributed by atoms with Crippen LogP contribution in [0.25, 0.3) is 0 Å². The van der Waals surface area contributed by atoms with Crippen molar-refractivity contribution in [2.24, 2.45) is 23.5 Å². The fourth-order valence-electron chi connectivity index (χ4n) is 5.26. The number of piperidine rings is 1. The molecule has 4 rings (SSSR count). The number of hydrogen-bond acceptors (Lipinski definition) is 6. The Morgan fingerprint density at radius 3 is 2.61 bits per heavy atom. The van der Waals surface area contributed by atoms with Gasteiger partial charge in [-0.3, -0.25) is 0 Å². The fourth-order valence-corrected chi connectivity index (χ4v) is 6.97. The molecule has 1 aliphatic carbocycles. The predicted molar refractivity (Wildman–Crippen MR) is 119 cm³/mol. The predicted octanol–water partition coefficient (Wildman–Crippen LogP) is 2.01. The molecule has 1 aromatic heterocycles. The third kappa shape index (κ3) is 5.76. The van der Waals surface area contributed by atoms with E-state index in [0.717, 1.165) is 12.0 Å². The minimum Gasteiger partial charge on any atom is -0.477 e. The third-order valence-electron chi connectivity index (χ3n) is 6.98. The van der Waals surface area contributed by atoms with Gasteiger partial charge in [-0.1, -0.05) is 32.1 Å². The minimum atomic E-state index is -3.48. The standard InChI is InChI=1S/C22H36N4O4S/c23-14-18-6-7-24-22(13-18)30-17-19-12-21(20-4-2-1-3-5-20)16-26(15-19)31(27,28)25-8-10-29-11-9-25/h6-7,13,19-21H,1-5,8-12,14-17,23H2/t19-,21+/m0/s1. The second kappa shape index (κ2) is 10.6. The molecule has 3 fully saturated rings. The van der Waals surface area contributed by atoms with Crippen LogP contribution in [0.2, 0.25) is 0 Å². The summed E-state index contributed by atoms with van der Waals surface area (Å²) < 4.78 is 41.5. The Morgan fingerprint density at radius 1 is 1.10 bits per heavy atom. The van der Waals surface area contributed by atoms with Crippen molar-refractivity contribution in [3.63, 3.8) is 0 Å². The Labute approximate surface area is 186 Å². The van der Waals surface area contributed by atoms with Crippen LogP contribution >= 0.6 is 0 Å². The first-order chi connectivity index (χ1) is 15.1. The second-order valence-electron chi connectivity index (χ2n) is 9.11. The van der Waals surface area contributed by atoms with Crippen LogP contribution in [0.15, 0.2) is 18.3 Å². The SMILES string of the molecule is NCc1ccnc(OC[C@H]2C[C@@H](C3CCCCC3)CN(S(=O)(=O)N3CCOCC3)C2)c1. The minimum absolute atomic E-state index is 0.153. The highest BCUT2D eigenvalue weighted by molar-refractivity contribution is 7.86. The molecule has 9 heteroatoms. The number of morpholine rings is 1. The van der Waals surface area contributed by atoms with Crippen LogP contribution in [0.4, 0.5) is 0 Å². The summed E-state index contributed by atoms with van der Waals surface area (Å²) in [7, 11) is -3.48. The third-order valence-corrected chi connectivity index (χ3v) is 8.95. The molecule has 2 N–H and O–H groups in total. The molecule has 0 aromatic carbocycles. The lowest BCUT2D eigenvalue weighted by molar-refractivity contribution is 0.0617. The first-order valence-electron chi connectivity index (χ1n) is 11.7. The van der Waals surface area contributed by atoms with Gasteiger partial charge in [0.25, 0.3) is 10.2 Å². The normalized spacial score (nSPS) is 27.3. The molecule has 0 unspecified atom stereocenters. The molecule has 1 aromatic rings. The number of rotatable bonds is 7. The van der Waals surface area contributed by atoms with Crippen molar-refractivity contribution in [1.82, 2.24) is 13.6 Å². The Bertz CT molecular complexity index is 809. The van der Waals surface area contributed by atoms with Gasteiger partial charge >= 0.3 is 0 Å². The summed E-state index contributed by atoms with van der Waals surface area (Å²) in [5.74, 6) is 1.71. The Hall–Kier alpha value is -1.26. The van der Waals surface area contributed by atoms with Gasteiger partial charge in [-0.25, -0.2) is 4.98 Å². The van der Waals surface area contributed by atoms with E-state index in [-0.39, 0.29) is 5.92 Å². The van der Waals surface area contributed by atoms with E-state index in [1.807, 2.05) is 12.1 Å². The highest BCUT2D eigenvalue weighted by atomic mass is 32.2. The van der Waals surface area contributed by atoms with Crippen molar-refractivity contribution in [1.29, 1.82) is 0 Å². The van der Waals surface area contributed by atoms with Gasteiger partial charge in [-0.2, -0.15) is 17.0 Å². The largest absolute Gasteiger partial charge is 0.477 e. The zero-order valence-electron chi connectivity index (χ0n) is 18.3. The molecule has 0 spiro atoms. The van der Waals surface area contributed by atoms with Crippen molar-refractivity contribution < 1.29 is 17.9 Å². The van der Waals surface area contributed by atoms with E-state index in [9.17, 15) is 8.42 Å². The van der Waals surface area contributed by atoms with Gasteiger partial charge in [0, 0.05) is 50.9 Å². The fraction of sp³-hybridized carbons (Fsp3) is 0.773. The number of ether oxygens (including phenoxy) is 2. The average molecular weight is 453 g/mol. The second-order valence-corrected chi connectivity index (χ2v) is 11.0. The summed E-state index contributed by atoms with van der Waals surface area (Å²) in [6.45, 7) is 3.84. The molecule has 3 heterocycles. The molecular weight excluding hydrogens is 416 g/mol. The van der Waals surface area contributed by atoms with Crippen LogP contribution in [0.3, 0.4) is 0 Å². The van der Waals surface area contributed by atoms with E-state index < -0.39 is 10.2 Å². The highest BCUT2D eigenvalue weighted by Gasteiger charge is 2.40. The maximum absolute atomic E-state index is 13.4. The zero-order chi connectivity index (χ0) is 21.7. The lowest BCUT2D eigenvalue weighted by Gasteiger charge is -2.43. The summed E-state index contributed by atoms with van der Waals surface area (Å²) in [5.41, 5.74) is 6.70. The van der Waals surface area contributed by atoms with Crippen LogP contribution in [0.1, 0.15) is 44.1 Å². The molecule has 0 radical (unpaired) electrons. The maximum atomic E-state index is 13.4. The number of hydrogen-bond donors (Lipinski definition) is 1. The van der Waals surface area contributed by atoms with Crippen molar-refractivity contribution in [2.45, 2.75) is 45.1 Å². The highest BCUT2D eigenvalue weighted by Crippen LogP contribution is 2.37. The van der Waals surface area contributed by atoms with Crippen molar-refractivity contribution in [3.8, 4) is 5.88 Å². The van der Waals surface area contributed by atoms with Crippen LogP contribution in [0, 0.1) is 17.8 Å². The van der Waals surface area contributed by atoms with E-state index in [2.05, 4.69) is 4.98 Å². The van der Waals surface area contributed by atoms with Crippen LogP contribution in [-0.2, 0) is 21.5 Å². The maximum Gasteiger partial charge on any atom is 0.282 e. The van der Waals surface area contributed by atoms with Crippen molar-refractivity contribution in [3.05, 3.63) is 23.9 Å². The van der Waals surface area contributed by atoms with E-state index in [0.29, 0.717) is 70.3 Å². The Kier molecular flexibility index (Phi) is 7.81.